The van der Waals surface area contributed by atoms with E-state index >= 15 is 0 Å². The molecule has 1 fully saturated rings. The van der Waals surface area contributed by atoms with Crippen molar-refractivity contribution in [3.8, 4) is 0 Å². The van der Waals surface area contributed by atoms with Crippen LogP contribution in [0.3, 0.4) is 0 Å². The first-order valence-corrected chi connectivity index (χ1v) is 16.7. The largest absolute Gasteiger partial charge is 0.471 e. The maximum Gasteiger partial charge on any atom is 0.471 e. The number of alkyl halides is 3. The molecule has 1 aromatic heterocycles. The molecule has 5 rings (SSSR count). The fraction of sp³-hybridized carbons (Fsp3) is 0.342. The minimum Gasteiger partial charge on any atom is -0.359 e. The Morgan fingerprint density at radius 1 is 0.940 bits per heavy atom. The summed E-state index contributed by atoms with van der Waals surface area (Å²) in [5.41, 5.74) is 2.87. The topological polar surface area (TPSA) is 112 Å². The number of para-hydroxylation sites is 1. The summed E-state index contributed by atoms with van der Waals surface area (Å²) < 4.78 is 42.5. The molecule has 2 N–H and O–H groups in total. The average Bonchev–Trinajstić information content (AvgIpc) is 3.12. The smallest absolute Gasteiger partial charge is 0.359 e. The number of benzene rings is 3. The molecule has 1 saturated heterocycles. The van der Waals surface area contributed by atoms with E-state index in [1.807, 2.05) is 60.7 Å². The van der Waals surface area contributed by atoms with Crippen LogP contribution < -0.4 is 10.6 Å². The number of likely N-dealkylation sites (tertiary alicyclic amines) is 1. The van der Waals surface area contributed by atoms with Crippen LogP contribution in [0.25, 0.3) is 10.9 Å². The lowest BCUT2D eigenvalue weighted by molar-refractivity contribution is -0.190. The lowest BCUT2D eigenvalue weighted by atomic mass is 9.89. The van der Waals surface area contributed by atoms with Gasteiger partial charge in [0.2, 0.25) is 18.2 Å². The van der Waals surface area contributed by atoms with Gasteiger partial charge in [0.15, 0.2) is 0 Å². The summed E-state index contributed by atoms with van der Waals surface area (Å²) in [6.07, 6.45) is -1.77. The number of carbonyl (C=O) groups excluding carboxylic acids is 4. The summed E-state index contributed by atoms with van der Waals surface area (Å²) in [4.78, 5) is 58.0. The number of hydrogen-bond acceptors (Lipinski definition) is 5. The van der Waals surface area contributed by atoms with E-state index in [1.54, 1.807) is 35.2 Å². The van der Waals surface area contributed by atoms with Crippen molar-refractivity contribution in [2.75, 3.05) is 13.1 Å². The maximum absolute atomic E-state index is 14.4. The van der Waals surface area contributed by atoms with E-state index in [2.05, 4.69) is 15.6 Å². The third-order valence-corrected chi connectivity index (χ3v) is 9.03. The number of carbonyl (C=O) groups is 4. The van der Waals surface area contributed by atoms with Crippen LogP contribution in [0, 0.1) is 0 Å². The van der Waals surface area contributed by atoms with Gasteiger partial charge in [-0.05, 0) is 54.5 Å². The number of hydrogen-bond donors (Lipinski definition) is 2. The van der Waals surface area contributed by atoms with Gasteiger partial charge in [0.05, 0.1) is 5.52 Å². The minimum absolute atomic E-state index is 0.0874. The molecule has 1 aliphatic rings. The van der Waals surface area contributed by atoms with Gasteiger partial charge in [0.1, 0.15) is 6.04 Å². The molecule has 0 radical (unpaired) electrons. The average molecular weight is 688 g/mol. The summed E-state index contributed by atoms with van der Waals surface area (Å²) in [6.45, 7) is 0.122. The van der Waals surface area contributed by atoms with Gasteiger partial charge in [-0.3, -0.25) is 24.2 Å². The highest BCUT2D eigenvalue weighted by Gasteiger charge is 2.47. The number of piperidine rings is 1. The molecule has 4 amide bonds. The number of pyridine rings is 1. The van der Waals surface area contributed by atoms with E-state index in [9.17, 15) is 32.3 Å². The summed E-state index contributed by atoms with van der Waals surface area (Å²) in [5.74, 6) is -2.63. The molecule has 12 heteroatoms. The number of nitrogens with one attached hydrogen (secondary N) is 2. The Hall–Kier alpha value is -5.26. The molecule has 4 aromatic rings. The van der Waals surface area contributed by atoms with Crippen LogP contribution in [0.4, 0.5) is 13.2 Å². The monoisotopic (exact) mass is 687 g/mol. The number of aromatic nitrogens is 1. The SMILES string of the molecule is O=CNCCCC(=O)N[C@H](Cc1ccccc1)C(=O)N1CC[C@H](N(Cc2ccnc3ccccc23)C(=O)C(F)(F)F)C[C@H]1Cc1ccccc1. The Kier molecular flexibility index (Phi) is 12.2. The molecule has 0 bridgehead atoms. The van der Waals surface area contributed by atoms with E-state index in [-0.39, 0.29) is 50.6 Å². The Balaban J connectivity index is 1.44. The zero-order valence-electron chi connectivity index (χ0n) is 27.5. The van der Waals surface area contributed by atoms with Crippen molar-refractivity contribution >= 4 is 35.0 Å². The number of fused-ring (bicyclic) bond motifs is 1. The second-order valence-electron chi connectivity index (χ2n) is 12.5. The molecular formula is C38H40F3N5O4. The molecule has 9 nitrogen and oxygen atoms in total. The molecule has 0 unspecified atom stereocenters. The van der Waals surface area contributed by atoms with E-state index in [0.717, 1.165) is 16.0 Å². The van der Waals surface area contributed by atoms with Gasteiger partial charge in [0, 0.05) is 56.1 Å². The predicted molar refractivity (Wildman–Crippen MR) is 182 cm³/mol. The number of rotatable bonds is 14. The normalized spacial score (nSPS) is 16.7. The van der Waals surface area contributed by atoms with Crippen molar-refractivity contribution in [3.05, 3.63) is 114 Å². The van der Waals surface area contributed by atoms with Crippen LogP contribution in [-0.2, 0) is 38.6 Å². The molecule has 0 aliphatic carbocycles. The van der Waals surface area contributed by atoms with Crippen LogP contribution in [-0.4, -0.2) is 76.3 Å². The molecule has 0 saturated carbocycles. The molecule has 3 atom stereocenters. The Morgan fingerprint density at radius 2 is 1.62 bits per heavy atom. The Bertz CT molecular complexity index is 1750. The van der Waals surface area contributed by atoms with Crippen molar-refractivity contribution in [2.45, 2.75) is 69.4 Å². The Morgan fingerprint density at radius 3 is 2.32 bits per heavy atom. The summed E-state index contributed by atoms with van der Waals surface area (Å²) in [5, 5.41) is 6.05. The van der Waals surface area contributed by atoms with Crippen molar-refractivity contribution in [1.29, 1.82) is 0 Å². The van der Waals surface area contributed by atoms with Gasteiger partial charge in [-0.2, -0.15) is 13.2 Å². The fourth-order valence-corrected chi connectivity index (χ4v) is 6.62. The van der Waals surface area contributed by atoms with Crippen LogP contribution in [0.5, 0.6) is 0 Å². The number of nitrogens with zero attached hydrogens (tertiary/aromatic N) is 3. The zero-order chi connectivity index (χ0) is 35.5. The quantitative estimate of drug-likeness (QED) is 0.144. The predicted octanol–water partition coefficient (Wildman–Crippen LogP) is 4.98. The molecule has 262 valence electrons. The summed E-state index contributed by atoms with van der Waals surface area (Å²) in [7, 11) is 0. The Labute approximate surface area is 288 Å². The molecule has 50 heavy (non-hydrogen) atoms. The minimum atomic E-state index is -5.10. The van der Waals surface area contributed by atoms with Gasteiger partial charge in [-0.15, -0.1) is 0 Å². The van der Waals surface area contributed by atoms with E-state index in [4.69, 9.17) is 0 Å². The standard InChI is InChI=1S/C38H40F3N5O4/c39-38(40,41)37(50)46(25-29-17-20-43-33-15-8-7-14-32(29)33)30-18-21-45(31(24-30)22-27-10-3-1-4-11-27)36(49)34(23-28-12-5-2-6-13-28)44-35(48)16-9-19-42-26-47/h1-8,10-15,17,20,26,30-31,34H,9,16,18-19,21-25H2,(H,42,47)(H,44,48)/t30-,31+,34+/m0/s1. The highest BCUT2D eigenvalue weighted by Crippen LogP contribution is 2.31. The van der Waals surface area contributed by atoms with Gasteiger partial charge in [-0.1, -0.05) is 78.9 Å². The second kappa shape index (κ2) is 16.9. The fourth-order valence-electron chi connectivity index (χ4n) is 6.62. The lowest BCUT2D eigenvalue weighted by Crippen LogP contribution is -2.59. The van der Waals surface area contributed by atoms with Crippen molar-refractivity contribution in [1.82, 2.24) is 25.4 Å². The lowest BCUT2D eigenvalue weighted by Gasteiger charge is -2.45. The summed E-state index contributed by atoms with van der Waals surface area (Å²) in [6, 6.07) is 25.0. The first-order chi connectivity index (χ1) is 24.1. The van der Waals surface area contributed by atoms with Crippen molar-refractivity contribution in [3.63, 3.8) is 0 Å². The number of halogens is 3. The van der Waals surface area contributed by atoms with E-state index in [0.29, 0.717) is 42.3 Å². The van der Waals surface area contributed by atoms with Crippen LogP contribution in [0.15, 0.2) is 97.2 Å². The van der Waals surface area contributed by atoms with Gasteiger partial charge in [0.25, 0.3) is 0 Å². The van der Waals surface area contributed by atoms with Crippen LogP contribution in [0.1, 0.15) is 42.4 Å². The van der Waals surface area contributed by atoms with Gasteiger partial charge < -0.3 is 20.4 Å². The molecule has 2 heterocycles. The van der Waals surface area contributed by atoms with Crippen LogP contribution >= 0.6 is 0 Å². The first-order valence-electron chi connectivity index (χ1n) is 16.7. The molecule has 0 spiro atoms. The second-order valence-corrected chi connectivity index (χ2v) is 12.5. The van der Waals surface area contributed by atoms with Crippen molar-refractivity contribution in [2.24, 2.45) is 0 Å². The third kappa shape index (κ3) is 9.46. The molecule has 1 aliphatic heterocycles. The van der Waals surface area contributed by atoms with Crippen molar-refractivity contribution < 1.29 is 32.3 Å². The highest BCUT2D eigenvalue weighted by molar-refractivity contribution is 5.88. The molecule has 3 aromatic carbocycles. The maximum atomic E-state index is 14.4. The van der Waals surface area contributed by atoms with E-state index < -0.39 is 30.2 Å². The zero-order valence-corrected chi connectivity index (χ0v) is 27.5. The van der Waals surface area contributed by atoms with E-state index in [1.165, 1.54) is 6.20 Å². The van der Waals surface area contributed by atoms with Gasteiger partial charge >= 0.3 is 12.1 Å². The highest BCUT2D eigenvalue weighted by atomic mass is 19.4. The van der Waals surface area contributed by atoms with Gasteiger partial charge in [-0.25, -0.2) is 0 Å². The van der Waals surface area contributed by atoms with Crippen LogP contribution in [0.2, 0.25) is 0 Å². The molecular weight excluding hydrogens is 647 g/mol. The number of amides is 4. The first kappa shape index (κ1) is 36.0. The third-order valence-electron chi connectivity index (χ3n) is 9.03. The summed E-state index contributed by atoms with van der Waals surface area (Å²) >= 11 is 0.